The summed E-state index contributed by atoms with van der Waals surface area (Å²) in [6.45, 7) is -0.951. The molecule has 3 aliphatic rings. The van der Waals surface area contributed by atoms with Crippen molar-refractivity contribution in [3.8, 4) is 11.4 Å². The number of aliphatic hydroxyl groups excluding tert-OH is 5. The van der Waals surface area contributed by atoms with Crippen molar-refractivity contribution in [3.63, 3.8) is 0 Å². The highest BCUT2D eigenvalue weighted by Gasteiger charge is 2.36. The predicted molar refractivity (Wildman–Crippen MR) is 202 cm³/mol. The van der Waals surface area contributed by atoms with E-state index in [0.717, 1.165) is 62.6 Å². The number of carbonyl (C=O) groups excluding carboxylic acids is 3. The van der Waals surface area contributed by atoms with Crippen LogP contribution in [0.4, 0.5) is 16.2 Å². The summed E-state index contributed by atoms with van der Waals surface area (Å²) in [5.74, 6) is -0.734. The zero-order valence-corrected chi connectivity index (χ0v) is 30.8. The molecular formula is C38H51N7O10. The third-order valence-electron chi connectivity index (χ3n) is 10.2. The van der Waals surface area contributed by atoms with Crippen molar-refractivity contribution in [2.24, 2.45) is 16.9 Å². The summed E-state index contributed by atoms with van der Waals surface area (Å²) in [5, 5.41) is 60.1. The number of H-pyrrole nitrogens is 1. The second kappa shape index (κ2) is 19.7. The van der Waals surface area contributed by atoms with Crippen molar-refractivity contribution in [1.29, 1.82) is 0 Å². The molecule has 17 heteroatoms. The van der Waals surface area contributed by atoms with Crippen molar-refractivity contribution in [2.75, 3.05) is 43.5 Å². The molecule has 0 saturated heterocycles. The Morgan fingerprint density at radius 2 is 1.60 bits per heavy atom. The zero-order chi connectivity index (χ0) is 39.5. The van der Waals surface area contributed by atoms with Gasteiger partial charge in [-0.3, -0.25) is 24.0 Å². The number of fused-ring (bicyclic) bond motifs is 1. The molecular weight excluding hydrogens is 714 g/mol. The summed E-state index contributed by atoms with van der Waals surface area (Å²) in [4.78, 5) is 56.1. The summed E-state index contributed by atoms with van der Waals surface area (Å²) in [5.41, 5.74) is 3.30. The highest BCUT2D eigenvalue weighted by molar-refractivity contribution is 6.13. The van der Waals surface area contributed by atoms with Crippen molar-refractivity contribution in [3.05, 3.63) is 64.6 Å². The largest absolute Gasteiger partial charge is 0.439 e. The number of carbonyl (C=O) groups is 3. The Kier molecular flexibility index (Phi) is 14.8. The van der Waals surface area contributed by atoms with Gasteiger partial charge in [-0.05, 0) is 50.9 Å². The molecule has 3 aromatic rings. The number of nitrogens with one attached hydrogen (secondary N) is 3. The number of hydrazone groups is 1. The van der Waals surface area contributed by atoms with Crippen LogP contribution in [-0.4, -0.2) is 122 Å². The summed E-state index contributed by atoms with van der Waals surface area (Å²) >= 11 is 0. The van der Waals surface area contributed by atoms with Crippen molar-refractivity contribution in [2.45, 2.75) is 82.2 Å². The lowest BCUT2D eigenvalue weighted by atomic mass is 9.83. The molecule has 1 aromatic heterocycles. The fraction of sp³-hybridized carbons (Fsp3) is 0.526. The Labute approximate surface area is 318 Å². The van der Waals surface area contributed by atoms with Crippen molar-refractivity contribution in [1.82, 2.24) is 20.5 Å². The number of amides is 3. The zero-order valence-electron chi connectivity index (χ0n) is 30.8. The highest BCUT2D eigenvalue weighted by atomic mass is 16.5. The Balaban J connectivity index is 0.000000384. The highest BCUT2D eigenvalue weighted by Crippen LogP contribution is 2.35. The van der Waals surface area contributed by atoms with Crippen LogP contribution in [0.15, 0.2) is 62.9 Å². The van der Waals surface area contributed by atoms with E-state index in [1.807, 2.05) is 24.3 Å². The number of hydrogen-bond donors (Lipinski definition) is 8. The van der Waals surface area contributed by atoms with E-state index in [1.54, 1.807) is 31.3 Å². The van der Waals surface area contributed by atoms with Gasteiger partial charge in [-0.2, -0.15) is 5.10 Å². The van der Waals surface area contributed by atoms with E-state index in [2.05, 4.69) is 25.3 Å². The molecule has 2 aliphatic carbocycles. The lowest BCUT2D eigenvalue weighted by Crippen LogP contribution is -2.48. The molecule has 2 fully saturated rings. The van der Waals surface area contributed by atoms with Crippen LogP contribution in [0.5, 0.6) is 0 Å². The van der Waals surface area contributed by atoms with E-state index in [9.17, 15) is 24.3 Å². The van der Waals surface area contributed by atoms with Gasteiger partial charge in [-0.25, -0.2) is 14.6 Å². The van der Waals surface area contributed by atoms with Crippen LogP contribution < -0.4 is 21.3 Å². The normalized spacial score (nSPS) is 18.7. The molecule has 4 atom stereocenters. The number of rotatable bonds is 14. The number of benzene rings is 2. The minimum absolute atomic E-state index is 0.0453. The minimum Gasteiger partial charge on any atom is -0.394 e. The van der Waals surface area contributed by atoms with Crippen LogP contribution in [0.2, 0.25) is 0 Å². The van der Waals surface area contributed by atoms with Crippen LogP contribution >= 0.6 is 0 Å². The Morgan fingerprint density at radius 3 is 2.27 bits per heavy atom. The van der Waals surface area contributed by atoms with Gasteiger partial charge in [0.25, 0.3) is 0 Å². The van der Waals surface area contributed by atoms with Gasteiger partial charge in [0.1, 0.15) is 24.9 Å². The first-order chi connectivity index (χ1) is 26.5. The maximum absolute atomic E-state index is 14.1. The predicted octanol–water partition coefficient (Wildman–Crippen LogP) is 1.60. The molecule has 0 radical (unpaired) electrons. The lowest BCUT2D eigenvalue weighted by Gasteiger charge is -2.26. The van der Waals surface area contributed by atoms with Crippen LogP contribution in [0.3, 0.4) is 0 Å². The smallest absolute Gasteiger partial charge is 0.394 e. The van der Waals surface area contributed by atoms with E-state index in [4.69, 9.17) is 25.5 Å². The van der Waals surface area contributed by atoms with E-state index in [1.165, 1.54) is 16.3 Å². The molecule has 298 valence electrons. The topological polar surface area (TPSA) is 254 Å². The molecule has 3 amide bonds. The van der Waals surface area contributed by atoms with Crippen molar-refractivity contribution >= 4 is 34.8 Å². The van der Waals surface area contributed by atoms with Crippen LogP contribution in [0.1, 0.15) is 63.4 Å². The molecule has 17 nitrogen and oxygen atoms in total. The number of Topliss-reactive ketones (excluding diaryl/α,β-unsaturated/α-hetero) is 1. The molecule has 0 unspecified atom stereocenters. The van der Waals surface area contributed by atoms with Crippen molar-refractivity contribution < 1.29 is 44.4 Å². The van der Waals surface area contributed by atoms with Gasteiger partial charge in [0.2, 0.25) is 5.91 Å². The minimum atomic E-state index is -1.55. The van der Waals surface area contributed by atoms with Crippen LogP contribution in [0, 0.1) is 11.8 Å². The first-order valence-corrected chi connectivity index (χ1v) is 18.7. The fourth-order valence-electron chi connectivity index (χ4n) is 7.19. The molecule has 2 heterocycles. The monoisotopic (exact) mass is 765 g/mol. The van der Waals surface area contributed by atoms with Gasteiger partial charge in [-0.1, -0.05) is 67.6 Å². The van der Waals surface area contributed by atoms with E-state index in [0.29, 0.717) is 16.9 Å². The molecule has 1 aliphatic heterocycles. The third kappa shape index (κ3) is 10.7. The molecule has 0 spiro atoms. The molecule has 2 saturated carbocycles. The first kappa shape index (κ1) is 41.4. The number of urea groups is 1. The molecule has 0 bridgehead atoms. The van der Waals surface area contributed by atoms with Gasteiger partial charge in [0.05, 0.1) is 30.7 Å². The number of aromatic nitrogens is 2. The van der Waals surface area contributed by atoms with E-state index >= 15 is 0 Å². The second-order valence-corrected chi connectivity index (χ2v) is 14.1. The molecule has 8 N–H and O–H groups in total. The number of nitrogens with zero attached hydrogens (tertiary/aromatic N) is 4. The first-order valence-electron chi connectivity index (χ1n) is 18.7. The SMILES string of the molecule is CNC[C@H](O)[C@@H](O)[C@H](O)[C@H](O)CO.O=C(CN1N=C(C2CCCCC2)c2ccccc2N(CC(=O)C2CCCC2)C1=O)Nc1cccc(-c2noc(=O)[nH]2)c1. The van der Waals surface area contributed by atoms with E-state index < -0.39 is 48.7 Å². The van der Waals surface area contributed by atoms with Gasteiger partial charge in [0, 0.05) is 35.2 Å². The quantitative estimate of drug-likeness (QED) is 0.117. The second-order valence-electron chi connectivity index (χ2n) is 14.1. The number of ketones is 1. The number of hydrogen-bond acceptors (Lipinski definition) is 13. The number of aromatic amines is 1. The van der Waals surface area contributed by atoms with Gasteiger partial charge < -0.3 is 36.2 Å². The van der Waals surface area contributed by atoms with E-state index in [-0.39, 0.29) is 43.1 Å². The fourth-order valence-corrected chi connectivity index (χ4v) is 7.19. The standard InChI is InChI=1S/C31H34N6O5.C7H17NO5/c38-26(20-9-4-5-10-20)18-36-25-16-7-6-15-24(25)28(21-11-2-1-3-12-21)34-37(31(36)41)19-27(39)32-23-14-8-13-22(17-23)29-33-30(40)42-35-29;1-8-2-4(10)6(12)7(13)5(11)3-9/h6-8,13-17,20-21H,1-5,9-12,18-19H2,(H,32,39)(H,33,35,40);4-13H,2-3H2,1H3/t;4-,5+,6+,7+/m.0/s1. The maximum atomic E-state index is 14.1. The number of para-hydroxylation sites is 1. The van der Waals surface area contributed by atoms with Crippen LogP contribution in [-0.2, 0) is 9.59 Å². The lowest BCUT2D eigenvalue weighted by molar-refractivity contribution is -0.121. The Morgan fingerprint density at radius 1 is 0.909 bits per heavy atom. The molecule has 55 heavy (non-hydrogen) atoms. The summed E-state index contributed by atoms with van der Waals surface area (Å²) < 4.78 is 4.58. The summed E-state index contributed by atoms with van der Waals surface area (Å²) in [6, 6.07) is 13.9. The van der Waals surface area contributed by atoms with Gasteiger partial charge in [0.15, 0.2) is 11.6 Å². The summed E-state index contributed by atoms with van der Waals surface area (Å²) in [7, 11) is 1.57. The number of likely N-dealkylation sites (N-methyl/N-ethyl adjacent to an activating group) is 1. The summed E-state index contributed by atoms with van der Waals surface area (Å²) in [6.07, 6.45) is 3.34. The number of anilines is 2. The average Bonchev–Trinajstić information content (AvgIpc) is 3.89. The Bertz CT molecular complexity index is 1840. The van der Waals surface area contributed by atoms with Gasteiger partial charge in [-0.15, -0.1) is 0 Å². The Hall–Kier alpha value is -4.78. The third-order valence-corrected chi connectivity index (χ3v) is 10.2. The molecule has 6 rings (SSSR count). The van der Waals surface area contributed by atoms with Gasteiger partial charge >= 0.3 is 11.8 Å². The molecule has 2 aromatic carbocycles. The number of aliphatic hydroxyl groups is 5. The average molecular weight is 766 g/mol. The maximum Gasteiger partial charge on any atom is 0.439 e. The van der Waals surface area contributed by atoms with Crippen LogP contribution in [0.25, 0.3) is 11.4 Å².